The van der Waals surface area contributed by atoms with Gasteiger partial charge in [0.15, 0.2) is 0 Å². The molecule has 0 bridgehead atoms. The molecule has 2 aliphatic rings. The van der Waals surface area contributed by atoms with Crippen molar-refractivity contribution in [2.45, 2.75) is 51.5 Å². The molecule has 2 fully saturated rings. The van der Waals surface area contributed by atoms with Gasteiger partial charge in [-0.15, -0.1) is 0 Å². The van der Waals surface area contributed by atoms with Crippen LogP contribution < -0.4 is 0 Å². The Labute approximate surface area is 172 Å². The summed E-state index contributed by atoms with van der Waals surface area (Å²) in [6.45, 7) is 6.30. The first-order chi connectivity index (χ1) is 14.1. The normalized spacial score (nSPS) is 20.6. The van der Waals surface area contributed by atoms with Crippen molar-refractivity contribution in [2.75, 3.05) is 26.2 Å². The van der Waals surface area contributed by atoms with Gasteiger partial charge in [0.25, 0.3) is 5.91 Å². The van der Waals surface area contributed by atoms with Gasteiger partial charge in [0, 0.05) is 38.3 Å². The second-order valence-corrected chi connectivity index (χ2v) is 8.28. The molecule has 5 nitrogen and oxygen atoms in total. The highest BCUT2D eigenvalue weighted by atomic mass is 19.1. The van der Waals surface area contributed by atoms with Crippen molar-refractivity contribution in [1.82, 2.24) is 19.8 Å². The summed E-state index contributed by atoms with van der Waals surface area (Å²) in [5.41, 5.74) is 2.53. The number of piperidine rings is 2. The van der Waals surface area contributed by atoms with E-state index in [1.807, 2.05) is 24.0 Å². The first-order valence-electron chi connectivity index (χ1n) is 10.7. The predicted octanol–water partition coefficient (Wildman–Crippen LogP) is 3.93. The van der Waals surface area contributed by atoms with Crippen molar-refractivity contribution in [3.05, 3.63) is 58.9 Å². The number of hydrogen-bond donors (Lipinski definition) is 0. The van der Waals surface area contributed by atoms with E-state index in [0.29, 0.717) is 5.56 Å². The number of benzene rings is 1. The number of hydrogen-bond acceptors (Lipinski definition) is 4. The van der Waals surface area contributed by atoms with Gasteiger partial charge >= 0.3 is 0 Å². The Kier molecular flexibility index (Phi) is 6.19. The fourth-order valence-electron chi connectivity index (χ4n) is 4.42. The standard InChI is InChI=1S/C23H29FN4O/c1-17-21(23(29)28-12-3-2-4-13-28)14-25-22(26-17)19-6-5-11-27(16-19)15-18-7-9-20(24)10-8-18/h7-10,14,19H,2-6,11-13,15-16H2,1H3. The number of carbonyl (C=O) groups is 1. The van der Waals surface area contributed by atoms with Crippen LogP contribution in [-0.4, -0.2) is 51.9 Å². The summed E-state index contributed by atoms with van der Waals surface area (Å²) in [6.07, 6.45) is 7.23. The Bertz CT molecular complexity index is 848. The lowest BCUT2D eigenvalue weighted by Crippen LogP contribution is -2.36. The van der Waals surface area contributed by atoms with Crippen LogP contribution in [-0.2, 0) is 6.54 Å². The maximum Gasteiger partial charge on any atom is 0.257 e. The van der Waals surface area contributed by atoms with Crippen LogP contribution in [0.1, 0.15) is 65.5 Å². The zero-order chi connectivity index (χ0) is 20.2. The fraction of sp³-hybridized carbons (Fsp3) is 0.522. The average Bonchev–Trinajstić information content (AvgIpc) is 2.76. The molecule has 6 heteroatoms. The monoisotopic (exact) mass is 396 g/mol. The third-order valence-electron chi connectivity index (χ3n) is 6.06. The first-order valence-corrected chi connectivity index (χ1v) is 10.7. The summed E-state index contributed by atoms with van der Waals surface area (Å²) in [7, 11) is 0. The summed E-state index contributed by atoms with van der Waals surface area (Å²) in [4.78, 5) is 26.4. The van der Waals surface area contributed by atoms with E-state index in [1.165, 1.54) is 18.6 Å². The van der Waals surface area contributed by atoms with Crippen molar-refractivity contribution in [2.24, 2.45) is 0 Å². The number of nitrogens with zero attached hydrogens (tertiary/aromatic N) is 4. The number of halogens is 1. The molecule has 154 valence electrons. The molecule has 0 saturated carbocycles. The van der Waals surface area contributed by atoms with Crippen LogP contribution in [0.3, 0.4) is 0 Å². The zero-order valence-corrected chi connectivity index (χ0v) is 17.1. The Hall–Kier alpha value is -2.34. The van der Waals surface area contributed by atoms with E-state index >= 15 is 0 Å². The second kappa shape index (κ2) is 8.99. The largest absolute Gasteiger partial charge is 0.339 e. The second-order valence-electron chi connectivity index (χ2n) is 8.28. The molecule has 1 amide bonds. The summed E-state index contributed by atoms with van der Waals surface area (Å²) in [5, 5.41) is 0. The number of likely N-dealkylation sites (tertiary alicyclic amines) is 2. The van der Waals surface area contributed by atoms with Gasteiger partial charge in [0.05, 0.1) is 11.3 Å². The van der Waals surface area contributed by atoms with Crippen molar-refractivity contribution in [3.63, 3.8) is 0 Å². The molecular weight excluding hydrogens is 367 g/mol. The average molecular weight is 397 g/mol. The maximum atomic E-state index is 13.1. The number of carbonyl (C=O) groups excluding carboxylic acids is 1. The molecule has 2 aromatic rings. The molecule has 1 unspecified atom stereocenters. The first kappa shape index (κ1) is 20.0. The molecule has 3 heterocycles. The number of amides is 1. The number of rotatable bonds is 4. The lowest BCUT2D eigenvalue weighted by atomic mass is 9.96. The SMILES string of the molecule is Cc1nc(C2CCCN(Cc3ccc(F)cc3)C2)ncc1C(=O)N1CCCCC1. The molecule has 0 spiro atoms. The van der Waals surface area contributed by atoms with Gasteiger partial charge in [0.1, 0.15) is 11.6 Å². The third-order valence-corrected chi connectivity index (χ3v) is 6.06. The Morgan fingerprint density at radius 3 is 2.59 bits per heavy atom. The van der Waals surface area contributed by atoms with Crippen LogP contribution in [0.25, 0.3) is 0 Å². The topological polar surface area (TPSA) is 49.3 Å². The van der Waals surface area contributed by atoms with Crippen LogP contribution in [0.15, 0.2) is 30.5 Å². The number of aromatic nitrogens is 2. The molecule has 1 aromatic heterocycles. The molecule has 1 aromatic carbocycles. The minimum absolute atomic E-state index is 0.0651. The smallest absolute Gasteiger partial charge is 0.257 e. The van der Waals surface area contributed by atoms with Gasteiger partial charge in [-0.2, -0.15) is 0 Å². The minimum Gasteiger partial charge on any atom is -0.339 e. The molecule has 2 saturated heterocycles. The van der Waals surface area contributed by atoms with Gasteiger partial charge in [0.2, 0.25) is 0 Å². The van der Waals surface area contributed by atoms with E-state index in [1.54, 1.807) is 6.20 Å². The lowest BCUT2D eigenvalue weighted by Gasteiger charge is -2.32. The molecule has 2 aliphatic heterocycles. The van der Waals surface area contributed by atoms with E-state index in [-0.39, 0.29) is 17.6 Å². The molecule has 0 aliphatic carbocycles. The fourth-order valence-corrected chi connectivity index (χ4v) is 4.42. The quantitative estimate of drug-likeness (QED) is 0.786. The van der Waals surface area contributed by atoms with E-state index in [9.17, 15) is 9.18 Å². The van der Waals surface area contributed by atoms with E-state index in [4.69, 9.17) is 4.98 Å². The van der Waals surface area contributed by atoms with Gasteiger partial charge in [-0.3, -0.25) is 9.69 Å². The van der Waals surface area contributed by atoms with E-state index in [2.05, 4.69) is 9.88 Å². The maximum absolute atomic E-state index is 13.1. The third kappa shape index (κ3) is 4.81. The van der Waals surface area contributed by atoms with Gasteiger partial charge in [-0.1, -0.05) is 12.1 Å². The molecular formula is C23H29FN4O. The highest BCUT2D eigenvalue weighted by molar-refractivity contribution is 5.95. The molecule has 4 rings (SSSR count). The van der Waals surface area contributed by atoms with Crippen molar-refractivity contribution in [3.8, 4) is 0 Å². The van der Waals surface area contributed by atoms with Gasteiger partial charge in [-0.05, 0) is 63.3 Å². The Morgan fingerprint density at radius 2 is 1.86 bits per heavy atom. The molecule has 0 radical (unpaired) electrons. The van der Waals surface area contributed by atoms with Crippen LogP contribution in [0.5, 0.6) is 0 Å². The van der Waals surface area contributed by atoms with E-state index < -0.39 is 0 Å². The summed E-state index contributed by atoms with van der Waals surface area (Å²) < 4.78 is 13.1. The summed E-state index contributed by atoms with van der Waals surface area (Å²) in [6, 6.07) is 6.73. The number of aryl methyl sites for hydroxylation is 1. The summed E-state index contributed by atoms with van der Waals surface area (Å²) >= 11 is 0. The minimum atomic E-state index is -0.201. The molecule has 29 heavy (non-hydrogen) atoms. The van der Waals surface area contributed by atoms with Crippen LogP contribution >= 0.6 is 0 Å². The lowest BCUT2D eigenvalue weighted by molar-refractivity contribution is 0.0722. The molecule has 1 atom stereocenters. The Morgan fingerprint density at radius 1 is 1.10 bits per heavy atom. The van der Waals surface area contributed by atoms with Crippen molar-refractivity contribution in [1.29, 1.82) is 0 Å². The van der Waals surface area contributed by atoms with Crippen LogP contribution in [0.2, 0.25) is 0 Å². The highest BCUT2D eigenvalue weighted by Gasteiger charge is 2.26. The van der Waals surface area contributed by atoms with Crippen LogP contribution in [0.4, 0.5) is 4.39 Å². The van der Waals surface area contributed by atoms with Gasteiger partial charge in [-0.25, -0.2) is 14.4 Å². The predicted molar refractivity (Wildman–Crippen MR) is 110 cm³/mol. The molecule has 0 N–H and O–H groups in total. The van der Waals surface area contributed by atoms with Gasteiger partial charge < -0.3 is 4.90 Å². The zero-order valence-electron chi connectivity index (χ0n) is 17.1. The summed E-state index contributed by atoms with van der Waals surface area (Å²) in [5.74, 6) is 0.965. The Balaban J connectivity index is 1.42. The van der Waals surface area contributed by atoms with Crippen LogP contribution in [0, 0.1) is 12.7 Å². The van der Waals surface area contributed by atoms with E-state index in [0.717, 1.165) is 75.5 Å². The van der Waals surface area contributed by atoms with Crippen molar-refractivity contribution >= 4 is 5.91 Å². The van der Waals surface area contributed by atoms with Crippen molar-refractivity contribution < 1.29 is 9.18 Å². The highest BCUT2D eigenvalue weighted by Crippen LogP contribution is 2.26.